The zero-order chi connectivity index (χ0) is 22.2. The van der Waals surface area contributed by atoms with Crippen LogP contribution in [0.1, 0.15) is 24.1 Å². The number of halogens is 2. The van der Waals surface area contributed by atoms with Crippen LogP contribution in [0.2, 0.25) is 5.02 Å². The normalized spacial score (nSPS) is 17.5. The lowest BCUT2D eigenvalue weighted by atomic mass is 9.99. The van der Waals surface area contributed by atoms with Crippen LogP contribution in [-0.4, -0.2) is 60.4 Å². The Balaban J connectivity index is 1.46. The molecule has 1 fully saturated rings. The predicted molar refractivity (Wildman–Crippen MR) is 129 cm³/mol. The predicted octanol–water partition coefficient (Wildman–Crippen LogP) is 4.84. The van der Waals surface area contributed by atoms with Gasteiger partial charge in [0.2, 0.25) is 0 Å². The molecule has 2 aliphatic rings. The molecule has 2 aliphatic heterocycles. The second-order valence-corrected chi connectivity index (χ2v) is 8.94. The van der Waals surface area contributed by atoms with Gasteiger partial charge >= 0.3 is 0 Å². The van der Waals surface area contributed by atoms with E-state index in [4.69, 9.17) is 16.6 Å². The van der Waals surface area contributed by atoms with Crippen LogP contribution >= 0.6 is 11.6 Å². The van der Waals surface area contributed by atoms with E-state index < -0.39 is 0 Å². The Morgan fingerprint density at radius 2 is 1.91 bits per heavy atom. The minimum Gasteiger partial charge on any atom is -0.370 e. The van der Waals surface area contributed by atoms with Gasteiger partial charge in [0.05, 0.1) is 40.9 Å². The maximum Gasteiger partial charge on any atom is 0.132 e. The zero-order valence-corrected chi connectivity index (χ0v) is 19.0. The molecule has 164 valence electrons. The van der Waals surface area contributed by atoms with Crippen LogP contribution in [0.25, 0.3) is 16.6 Å². The fourth-order valence-electron chi connectivity index (χ4n) is 4.48. The van der Waals surface area contributed by atoms with Gasteiger partial charge in [-0.05, 0) is 69.4 Å². The van der Waals surface area contributed by atoms with Crippen LogP contribution < -0.4 is 4.90 Å². The fourth-order valence-corrected chi connectivity index (χ4v) is 4.65. The fraction of sp³-hybridized carbons (Fsp3) is 0.320. The molecule has 0 radical (unpaired) electrons. The number of hydrogen-bond acceptors (Lipinski definition) is 5. The van der Waals surface area contributed by atoms with Gasteiger partial charge in [-0.2, -0.15) is 0 Å². The van der Waals surface area contributed by atoms with Gasteiger partial charge in [0.15, 0.2) is 0 Å². The Kier molecular flexibility index (Phi) is 5.66. The Hall–Kier alpha value is -2.83. The van der Waals surface area contributed by atoms with Gasteiger partial charge in [-0.1, -0.05) is 17.7 Å². The minimum absolute atomic E-state index is 0.342. The summed E-state index contributed by atoms with van der Waals surface area (Å²) in [5.74, 6) is -0.342. The third-order valence-corrected chi connectivity index (χ3v) is 6.66. The number of anilines is 1. The van der Waals surface area contributed by atoms with Crippen LogP contribution in [0.15, 0.2) is 53.7 Å². The van der Waals surface area contributed by atoms with Gasteiger partial charge in [0, 0.05) is 29.2 Å². The van der Waals surface area contributed by atoms with E-state index >= 15 is 0 Å². The smallest absolute Gasteiger partial charge is 0.132 e. The molecule has 0 atom stereocenters. The number of fused-ring (bicyclic) bond motifs is 1. The SMILES string of the molecule is CN1CCC(N(C)c2cnc3ccc(C4=CCN=C4c4cc(Cl)ccc4F)nc3c2)CC1. The van der Waals surface area contributed by atoms with Crippen LogP contribution in [0.4, 0.5) is 10.1 Å². The molecule has 0 saturated carbocycles. The lowest BCUT2D eigenvalue weighted by Gasteiger charge is -2.36. The standard InChI is InChI=1S/C25H25ClFN5/c1-31-11-8-17(9-12-31)32(2)18-14-24-23(29-15-18)6-5-22(30-24)19-7-10-28-25(19)20-13-16(26)3-4-21(20)27/h3-7,13-15,17H,8-12H2,1-2H3. The Morgan fingerprint density at radius 1 is 1.09 bits per heavy atom. The first-order chi connectivity index (χ1) is 15.5. The maximum atomic E-state index is 14.5. The molecule has 3 aromatic rings. The van der Waals surface area contributed by atoms with Gasteiger partial charge in [-0.15, -0.1) is 0 Å². The van der Waals surface area contributed by atoms with Crippen molar-refractivity contribution in [1.29, 1.82) is 0 Å². The zero-order valence-electron chi connectivity index (χ0n) is 18.2. The number of rotatable bonds is 4. The van der Waals surface area contributed by atoms with E-state index in [1.54, 1.807) is 12.1 Å². The number of piperidine rings is 1. The molecule has 1 aromatic carbocycles. The summed E-state index contributed by atoms with van der Waals surface area (Å²) in [4.78, 5) is 18.7. The summed E-state index contributed by atoms with van der Waals surface area (Å²) in [5, 5.41) is 0.479. The third kappa shape index (κ3) is 4.00. The molecule has 32 heavy (non-hydrogen) atoms. The molecule has 0 N–H and O–H groups in total. The highest BCUT2D eigenvalue weighted by atomic mass is 35.5. The topological polar surface area (TPSA) is 44.6 Å². The Labute approximate surface area is 192 Å². The molecular formula is C25H25ClFN5. The quantitative estimate of drug-likeness (QED) is 0.571. The lowest BCUT2D eigenvalue weighted by molar-refractivity contribution is 0.253. The van der Waals surface area contributed by atoms with Gasteiger partial charge < -0.3 is 9.80 Å². The summed E-state index contributed by atoms with van der Waals surface area (Å²) < 4.78 is 14.5. The molecule has 5 nitrogen and oxygen atoms in total. The van der Waals surface area contributed by atoms with Gasteiger partial charge in [0.1, 0.15) is 5.82 Å². The molecule has 0 spiro atoms. The van der Waals surface area contributed by atoms with Crippen LogP contribution in [0, 0.1) is 5.82 Å². The molecule has 0 bridgehead atoms. The van der Waals surface area contributed by atoms with E-state index in [-0.39, 0.29) is 5.82 Å². The average molecular weight is 450 g/mol. The Bertz CT molecular complexity index is 1230. The van der Waals surface area contributed by atoms with Crippen molar-refractivity contribution in [2.24, 2.45) is 4.99 Å². The molecule has 0 amide bonds. The largest absolute Gasteiger partial charge is 0.370 e. The first-order valence-corrected chi connectivity index (χ1v) is 11.3. The van der Waals surface area contributed by atoms with Crippen molar-refractivity contribution < 1.29 is 4.39 Å². The van der Waals surface area contributed by atoms with Crippen molar-refractivity contribution in [2.75, 3.05) is 38.6 Å². The number of aliphatic imine (C=N–C) groups is 1. The van der Waals surface area contributed by atoms with E-state index in [0.717, 1.165) is 53.9 Å². The van der Waals surface area contributed by atoms with E-state index in [1.807, 2.05) is 24.4 Å². The monoisotopic (exact) mass is 449 g/mol. The van der Waals surface area contributed by atoms with Crippen molar-refractivity contribution in [2.45, 2.75) is 18.9 Å². The van der Waals surface area contributed by atoms with E-state index in [0.29, 0.717) is 28.9 Å². The minimum atomic E-state index is -0.342. The number of nitrogens with zero attached hydrogens (tertiary/aromatic N) is 5. The first-order valence-electron chi connectivity index (χ1n) is 10.9. The van der Waals surface area contributed by atoms with Crippen LogP contribution in [0.5, 0.6) is 0 Å². The van der Waals surface area contributed by atoms with E-state index in [9.17, 15) is 4.39 Å². The summed E-state index contributed by atoms with van der Waals surface area (Å²) in [5.41, 5.74) is 5.28. The summed E-state index contributed by atoms with van der Waals surface area (Å²) in [6, 6.07) is 11.0. The number of benzene rings is 1. The first kappa shape index (κ1) is 21.0. The number of allylic oxidation sites excluding steroid dienone is 1. The molecule has 5 rings (SSSR count). The molecule has 2 aromatic heterocycles. The van der Waals surface area contributed by atoms with Crippen molar-refractivity contribution in [3.05, 3.63) is 70.8 Å². The third-order valence-electron chi connectivity index (χ3n) is 6.43. The number of pyridine rings is 2. The number of aromatic nitrogens is 2. The van der Waals surface area contributed by atoms with Crippen LogP contribution in [0.3, 0.4) is 0 Å². The highest BCUT2D eigenvalue weighted by molar-refractivity contribution is 6.35. The molecular weight excluding hydrogens is 425 g/mol. The van der Waals surface area contributed by atoms with Crippen LogP contribution in [-0.2, 0) is 0 Å². The summed E-state index contributed by atoms with van der Waals surface area (Å²) in [6.45, 7) is 2.71. The van der Waals surface area contributed by atoms with E-state index in [2.05, 4.69) is 39.9 Å². The highest BCUT2D eigenvalue weighted by Gasteiger charge is 2.23. The van der Waals surface area contributed by atoms with Crippen molar-refractivity contribution in [3.8, 4) is 0 Å². The Morgan fingerprint density at radius 3 is 2.72 bits per heavy atom. The molecule has 4 heterocycles. The second-order valence-electron chi connectivity index (χ2n) is 8.50. The number of likely N-dealkylation sites (tertiary alicyclic amines) is 1. The van der Waals surface area contributed by atoms with Crippen molar-refractivity contribution in [1.82, 2.24) is 14.9 Å². The lowest BCUT2D eigenvalue weighted by Crippen LogP contribution is -2.42. The molecule has 0 unspecified atom stereocenters. The number of hydrogen-bond donors (Lipinski definition) is 0. The molecule has 7 heteroatoms. The maximum absolute atomic E-state index is 14.5. The summed E-state index contributed by atoms with van der Waals surface area (Å²) >= 11 is 6.11. The summed E-state index contributed by atoms with van der Waals surface area (Å²) in [6.07, 6.45) is 6.17. The second kappa shape index (κ2) is 8.60. The van der Waals surface area contributed by atoms with Crippen molar-refractivity contribution in [3.63, 3.8) is 0 Å². The van der Waals surface area contributed by atoms with Crippen molar-refractivity contribution >= 4 is 39.6 Å². The van der Waals surface area contributed by atoms with Gasteiger partial charge in [-0.3, -0.25) is 9.98 Å². The highest BCUT2D eigenvalue weighted by Crippen LogP contribution is 2.29. The summed E-state index contributed by atoms with van der Waals surface area (Å²) in [7, 11) is 4.30. The van der Waals surface area contributed by atoms with Gasteiger partial charge in [0.25, 0.3) is 0 Å². The molecule has 0 aliphatic carbocycles. The van der Waals surface area contributed by atoms with E-state index in [1.165, 1.54) is 6.07 Å². The van der Waals surface area contributed by atoms with Gasteiger partial charge in [-0.25, -0.2) is 9.37 Å². The average Bonchev–Trinajstić information content (AvgIpc) is 3.29. The molecule has 1 saturated heterocycles.